The summed E-state index contributed by atoms with van der Waals surface area (Å²) >= 11 is 5.71. The Hall–Kier alpha value is -1.33. The summed E-state index contributed by atoms with van der Waals surface area (Å²) in [6.07, 6.45) is 2.45. The SMILES string of the molecule is CS(=O)(=O)c1cccc(-c2ocnc2CCl)c1. The number of benzene rings is 1. The van der Waals surface area contributed by atoms with E-state index in [0.717, 1.165) is 6.26 Å². The van der Waals surface area contributed by atoms with Crippen LogP contribution in [0.25, 0.3) is 11.3 Å². The largest absolute Gasteiger partial charge is 0.443 e. The van der Waals surface area contributed by atoms with Crippen LogP contribution >= 0.6 is 11.6 Å². The fourth-order valence-corrected chi connectivity index (χ4v) is 2.32. The zero-order valence-corrected chi connectivity index (χ0v) is 10.6. The highest BCUT2D eigenvalue weighted by molar-refractivity contribution is 7.90. The third-order valence-corrected chi connectivity index (χ3v) is 3.66. The van der Waals surface area contributed by atoms with Gasteiger partial charge in [0.05, 0.1) is 10.8 Å². The number of hydrogen-bond donors (Lipinski definition) is 0. The summed E-state index contributed by atoms with van der Waals surface area (Å²) < 4.78 is 28.1. The maximum Gasteiger partial charge on any atom is 0.181 e. The van der Waals surface area contributed by atoms with Crippen molar-refractivity contribution in [3.63, 3.8) is 0 Å². The Morgan fingerprint density at radius 1 is 1.41 bits per heavy atom. The molecule has 2 rings (SSSR count). The molecule has 0 aliphatic carbocycles. The van der Waals surface area contributed by atoms with Crippen LogP contribution in [0.4, 0.5) is 0 Å². The van der Waals surface area contributed by atoms with Crippen molar-refractivity contribution in [1.82, 2.24) is 4.98 Å². The number of aromatic nitrogens is 1. The number of rotatable bonds is 3. The molecule has 0 radical (unpaired) electrons. The molecule has 2 aromatic rings. The Bertz CT molecular complexity index is 634. The normalized spacial score (nSPS) is 11.6. The average molecular weight is 272 g/mol. The summed E-state index contributed by atoms with van der Waals surface area (Å²) in [5, 5.41) is 0. The number of alkyl halides is 1. The third-order valence-electron chi connectivity index (χ3n) is 2.29. The summed E-state index contributed by atoms with van der Waals surface area (Å²) in [4.78, 5) is 4.20. The Morgan fingerprint density at radius 3 is 2.82 bits per heavy atom. The van der Waals surface area contributed by atoms with Crippen molar-refractivity contribution in [2.75, 3.05) is 6.26 Å². The van der Waals surface area contributed by atoms with Crippen molar-refractivity contribution in [2.45, 2.75) is 10.8 Å². The quantitative estimate of drug-likeness (QED) is 0.805. The van der Waals surface area contributed by atoms with Gasteiger partial charge >= 0.3 is 0 Å². The highest BCUT2D eigenvalue weighted by Gasteiger charge is 2.13. The molecular weight excluding hydrogens is 262 g/mol. The lowest BCUT2D eigenvalue weighted by atomic mass is 10.1. The van der Waals surface area contributed by atoms with E-state index in [4.69, 9.17) is 16.0 Å². The van der Waals surface area contributed by atoms with Crippen LogP contribution in [0.15, 0.2) is 40.0 Å². The number of sulfone groups is 1. The second kappa shape index (κ2) is 4.50. The molecule has 0 aliphatic rings. The van der Waals surface area contributed by atoms with E-state index >= 15 is 0 Å². The van der Waals surface area contributed by atoms with Gasteiger partial charge in [0.2, 0.25) is 0 Å². The maximum absolute atomic E-state index is 11.4. The van der Waals surface area contributed by atoms with Crippen LogP contribution in [-0.2, 0) is 15.7 Å². The van der Waals surface area contributed by atoms with Gasteiger partial charge in [0, 0.05) is 11.8 Å². The molecule has 0 N–H and O–H groups in total. The van der Waals surface area contributed by atoms with Crippen molar-refractivity contribution in [3.05, 3.63) is 36.4 Å². The summed E-state index contributed by atoms with van der Waals surface area (Å²) in [6, 6.07) is 6.50. The molecule has 1 aromatic carbocycles. The van der Waals surface area contributed by atoms with Gasteiger partial charge in [-0.1, -0.05) is 12.1 Å². The van der Waals surface area contributed by atoms with Gasteiger partial charge in [0.1, 0.15) is 5.69 Å². The predicted octanol–water partition coefficient (Wildman–Crippen LogP) is 2.48. The summed E-state index contributed by atoms with van der Waals surface area (Å²) in [5.41, 5.74) is 1.25. The van der Waals surface area contributed by atoms with E-state index in [1.165, 1.54) is 12.5 Å². The van der Waals surface area contributed by atoms with Gasteiger partial charge in [-0.3, -0.25) is 0 Å². The van der Waals surface area contributed by atoms with Gasteiger partial charge in [-0.15, -0.1) is 11.6 Å². The lowest BCUT2D eigenvalue weighted by Gasteiger charge is -2.02. The molecule has 0 spiro atoms. The summed E-state index contributed by atoms with van der Waals surface area (Å²) in [6.45, 7) is 0. The molecule has 0 unspecified atom stereocenters. The molecule has 0 saturated carbocycles. The van der Waals surface area contributed by atoms with Crippen LogP contribution < -0.4 is 0 Å². The van der Waals surface area contributed by atoms with Crippen LogP contribution in [0.1, 0.15) is 5.69 Å². The zero-order valence-electron chi connectivity index (χ0n) is 9.05. The van der Waals surface area contributed by atoms with Crippen LogP contribution in [0.5, 0.6) is 0 Å². The van der Waals surface area contributed by atoms with E-state index in [9.17, 15) is 8.42 Å². The molecular formula is C11H10ClNO3S. The fourth-order valence-electron chi connectivity index (χ4n) is 1.47. The number of nitrogens with zero attached hydrogens (tertiary/aromatic N) is 1. The molecule has 1 aromatic heterocycles. The molecule has 0 bridgehead atoms. The minimum Gasteiger partial charge on any atom is -0.443 e. The van der Waals surface area contributed by atoms with Gasteiger partial charge in [-0.05, 0) is 12.1 Å². The lowest BCUT2D eigenvalue weighted by Crippen LogP contribution is -1.97. The maximum atomic E-state index is 11.4. The fraction of sp³-hybridized carbons (Fsp3) is 0.182. The Balaban J connectivity index is 2.55. The third kappa shape index (κ3) is 2.50. The Morgan fingerprint density at radius 2 is 2.18 bits per heavy atom. The molecule has 0 fully saturated rings. The Kier molecular flexibility index (Phi) is 3.22. The molecule has 0 amide bonds. The highest BCUT2D eigenvalue weighted by Crippen LogP contribution is 2.26. The number of oxazole rings is 1. The van der Waals surface area contributed by atoms with Gasteiger partial charge < -0.3 is 4.42 Å². The minimum absolute atomic E-state index is 0.217. The molecule has 0 saturated heterocycles. The number of hydrogen-bond acceptors (Lipinski definition) is 4. The molecule has 6 heteroatoms. The van der Waals surface area contributed by atoms with Gasteiger partial charge in [-0.25, -0.2) is 13.4 Å². The second-order valence-corrected chi connectivity index (χ2v) is 5.84. The first-order valence-electron chi connectivity index (χ1n) is 4.81. The van der Waals surface area contributed by atoms with Gasteiger partial charge in [0.25, 0.3) is 0 Å². The monoisotopic (exact) mass is 271 g/mol. The Labute approximate surface area is 104 Å². The highest BCUT2D eigenvalue weighted by atomic mass is 35.5. The smallest absolute Gasteiger partial charge is 0.181 e. The topological polar surface area (TPSA) is 60.2 Å². The first-order chi connectivity index (χ1) is 8.02. The first kappa shape index (κ1) is 12.1. The molecule has 90 valence electrons. The standard InChI is InChI=1S/C11H10ClNO3S/c1-17(14,15)9-4-2-3-8(5-9)11-10(6-12)13-7-16-11/h2-5,7H,6H2,1H3. The van der Waals surface area contributed by atoms with Crippen LogP contribution in [0.2, 0.25) is 0 Å². The van der Waals surface area contributed by atoms with Crippen molar-refractivity contribution >= 4 is 21.4 Å². The lowest BCUT2D eigenvalue weighted by molar-refractivity contribution is 0.571. The van der Waals surface area contributed by atoms with E-state index in [-0.39, 0.29) is 10.8 Å². The molecule has 1 heterocycles. The van der Waals surface area contributed by atoms with E-state index < -0.39 is 9.84 Å². The zero-order chi connectivity index (χ0) is 12.5. The van der Waals surface area contributed by atoms with Crippen molar-refractivity contribution < 1.29 is 12.8 Å². The van der Waals surface area contributed by atoms with E-state index in [1.54, 1.807) is 18.2 Å². The summed E-state index contributed by atoms with van der Waals surface area (Å²) in [7, 11) is -3.23. The van der Waals surface area contributed by atoms with Crippen molar-refractivity contribution in [2.24, 2.45) is 0 Å². The molecule has 0 aliphatic heterocycles. The molecule has 4 nitrogen and oxygen atoms in total. The summed E-state index contributed by atoms with van der Waals surface area (Å²) in [5.74, 6) is 0.722. The molecule has 17 heavy (non-hydrogen) atoms. The van der Waals surface area contributed by atoms with E-state index in [1.807, 2.05) is 0 Å². The second-order valence-electron chi connectivity index (χ2n) is 3.56. The minimum atomic E-state index is -3.23. The van der Waals surface area contributed by atoms with Crippen LogP contribution in [-0.4, -0.2) is 19.7 Å². The van der Waals surface area contributed by atoms with Crippen LogP contribution in [0.3, 0.4) is 0 Å². The van der Waals surface area contributed by atoms with Crippen LogP contribution in [0, 0.1) is 0 Å². The predicted molar refractivity (Wildman–Crippen MR) is 64.6 cm³/mol. The number of halogens is 1. The van der Waals surface area contributed by atoms with Crippen molar-refractivity contribution in [1.29, 1.82) is 0 Å². The van der Waals surface area contributed by atoms with E-state index in [2.05, 4.69) is 4.98 Å². The first-order valence-corrected chi connectivity index (χ1v) is 7.24. The molecule has 0 atom stereocenters. The van der Waals surface area contributed by atoms with Crippen molar-refractivity contribution in [3.8, 4) is 11.3 Å². The van der Waals surface area contributed by atoms with E-state index in [0.29, 0.717) is 17.0 Å². The average Bonchev–Trinajstić information content (AvgIpc) is 2.76. The van der Waals surface area contributed by atoms with Gasteiger partial charge in [0.15, 0.2) is 22.0 Å². The van der Waals surface area contributed by atoms with Gasteiger partial charge in [-0.2, -0.15) is 0 Å².